The highest BCUT2D eigenvalue weighted by molar-refractivity contribution is 5.79. The van der Waals surface area contributed by atoms with E-state index in [0.29, 0.717) is 13.1 Å². The van der Waals surface area contributed by atoms with E-state index in [1.165, 1.54) is 0 Å². The first-order valence-electron chi connectivity index (χ1n) is 6.39. The van der Waals surface area contributed by atoms with Crippen LogP contribution in [-0.2, 0) is 9.59 Å². The number of amides is 1. The van der Waals surface area contributed by atoms with Crippen molar-refractivity contribution < 1.29 is 14.7 Å². The molecule has 5 heteroatoms. The average molecular weight is 256 g/mol. The number of rotatable bonds is 3. The second-order valence-electron chi connectivity index (χ2n) is 6.40. The predicted molar refractivity (Wildman–Crippen MR) is 68.9 cm³/mol. The number of aliphatic carboxylic acids is 1. The molecule has 0 spiro atoms. The van der Waals surface area contributed by atoms with Gasteiger partial charge in [0.15, 0.2) is 0 Å². The van der Waals surface area contributed by atoms with Crippen molar-refractivity contribution in [1.82, 2.24) is 4.90 Å². The smallest absolute Gasteiger partial charge is 0.308 e. The quantitative estimate of drug-likeness (QED) is 0.786. The minimum absolute atomic E-state index is 0.0114. The van der Waals surface area contributed by atoms with Crippen LogP contribution in [0, 0.1) is 17.3 Å². The Morgan fingerprint density at radius 1 is 1.39 bits per heavy atom. The van der Waals surface area contributed by atoms with Gasteiger partial charge in [-0.2, -0.15) is 0 Å². The summed E-state index contributed by atoms with van der Waals surface area (Å²) in [6, 6.07) is -0.204. The van der Waals surface area contributed by atoms with Crippen LogP contribution in [0.2, 0.25) is 0 Å². The Hall–Kier alpha value is -1.10. The highest BCUT2D eigenvalue weighted by Crippen LogP contribution is 2.26. The fourth-order valence-corrected chi connectivity index (χ4v) is 2.12. The van der Waals surface area contributed by atoms with Crippen LogP contribution in [0.1, 0.15) is 34.1 Å². The zero-order valence-electron chi connectivity index (χ0n) is 11.6. The Kier molecular flexibility index (Phi) is 4.37. The molecule has 0 bridgehead atoms. The SMILES string of the molecule is CC1CN(C(=O)CC(N)C(C)(C)C)CC1C(=O)O. The van der Waals surface area contributed by atoms with Crippen LogP contribution in [-0.4, -0.2) is 41.0 Å². The van der Waals surface area contributed by atoms with Gasteiger partial charge in [-0.1, -0.05) is 27.7 Å². The fraction of sp³-hybridized carbons (Fsp3) is 0.846. The highest BCUT2D eigenvalue weighted by atomic mass is 16.4. The van der Waals surface area contributed by atoms with E-state index in [-0.39, 0.29) is 29.7 Å². The molecule has 0 radical (unpaired) electrons. The van der Waals surface area contributed by atoms with Crippen LogP contribution >= 0.6 is 0 Å². The first-order chi connectivity index (χ1) is 8.12. The summed E-state index contributed by atoms with van der Waals surface area (Å²) in [6.45, 7) is 8.70. The third-order valence-corrected chi connectivity index (χ3v) is 3.79. The summed E-state index contributed by atoms with van der Waals surface area (Å²) >= 11 is 0. The molecule has 0 aromatic rings. The number of carboxylic acid groups (broad SMARTS) is 1. The predicted octanol–water partition coefficient (Wildman–Crippen LogP) is 0.929. The third kappa shape index (κ3) is 3.45. The zero-order chi connectivity index (χ0) is 14.1. The summed E-state index contributed by atoms with van der Waals surface area (Å²) in [7, 11) is 0. The highest BCUT2D eigenvalue weighted by Gasteiger charge is 2.37. The van der Waals surface area contributed by atoms with Gasteiger partial charge < -0.3 is 15.7 Å². The van der Waals surface area contributed by atoms with Gasteiger partial charge in [0.25, 0.3) is 0 Å². The Morgan fingerprint density at radius 3 is 2.33 bits per heavy atom. The van der Waals surface area contributed by atoms with Gasteiger partial charge >= 0.3 is 5.97 Å². The normalized spacial score (nSPS) is 26.2. The molecule has 1 fully saturated rings. The molecule has 5 nitrogen and oxygen atoms in total. The van der Waals surface area contributed by atoms with E-state index in [1.807, 2.05) is 27.7 Å². The van der Waals surface area contributed by atoms with Crippen molar-refractivity contribution in [3.05, 3.63) is 0 Å². The van der Waals surface area contributed by atoms with Crippen LogP contribution in [0.3, 0.4) is 0 Å². The molecule has 0 aliphatic carbocycles. The number of hydrogen-bond acceptors (Lipinski definition) is 3. The molecule has 1 saturated heterocycles. The van der Waals surface area contributed by atoms with Gasteiger partial charge in [-0.15, -0.1) is 0 Å². The first-order valence-corrected chi connectivity index (χ1v) is 6.39. The van der Waals surface area contributed by atoms with Gasteiger partial charge in [0, 0.05) is 25.6 Å². The van der Waals surface area contributed by atoms with E-state index in [0.717, 1.165) is 0 Å². The van der Waals surface area contributed by atoms with Crippen LogP contribution in [0.15, 0.2) is 0 Å². The maximum absolute atomic E-state index is 12.1. The molecule has 1 aliphatic heterocycles. The van der Waals surface area contributed by atoms with E-state index in [1.54, 1.807) is 4.90 Å². The lowest BCUT2D eigenvalue weighted by Gasteiger charge is -2.28. The van der Waals surface area contributed by atoms with Crippen molar-refractivity contribution in [3.63, 3.8) is 0 Å². The molecule has 1 amide bonds. The standard InChI is InChI=1S/C13H24N2O3/c1-8-6-15(7-9(8)12(17)18)11(16)5-10(14)13(2,3)4/h8-10H,5-7,14H2,1-4H3,(H,17,18). The Bertz CT molecular complexity index is 336. The molecule has 0 saturated carbocycles. The van der Waals surface area contributed by atoms with Gasteiger partial charge in [-0.25, -0.2) is 0 Å². The molecule has 3 atom stereocenters. The molecular formula is C13H24N2O3. The van der Waals surface area contributed by atoms with Crippen molar-refractivity contribution in [2.45, 2.75) is 40.2 Å². The largest absolute Gasteiger partial charge is 0.481 e. The van der Waals surface area contributed by atoms with Gasteiger partial charge in [-0.3, -0.25) is 9.59 Å². The topological polar surface area (TPSA) is 83.6 Å². The van der Waals surface area contributed by atoms with E-state index in [9.17, 15) is 9.59 Å². The van der Waals surface area contributed by atoms with Crippen LogP contribution in [0.25, 0.3) is 0 Å². The van der Waals surface area contributed by atoms with E-state index in [4.69, 9.17) is 10.8 Å². The summed E-state index contributed by atoms with van der Waals surface area (Å²) in [4.78, 5) is 24.7. The molecule has 18 heavy (non-hydrogen) atoms. The maximum Gasteiger partial charge on any atom is 0.308 e. The summed E-state index contributed by atoms with van der Waals surface area (Å²) < 4.78 is 0. The molecule has 0 aromatic heterocycles. The summed E-state index contributed by atoms with van der Waals surface area (Å²) in [6.07, 6.45) is 0.280. The monoisotopic (exact) mass is 256 g/mol. The molecule has 0 aromatic carbocycles. The lowest BCUT2D eigenvalue weighted by molar-refractivity contribution is -0.142. The van der Waals surface area contributed by atoms with E-state index < -0.39 is 11.9 Å². The number of carboxylic acids is 1. The van der Waals surface area contributed by atoms with Crippen molar-refractivity contribution in [1.29, 1.82) is 0 Å². The number of carbonyl (C=O) groups is 2. The Balaban J connectivity index is 2.57. The number of likely N-dealkylation sites (tertiary alicyclic amines) is 1. The maximum atomic E-state index is 12.1. The third-order valence-electron chi connectivity index (χ3n) is 3.79. The Morgan fingerprint density at radius 2 is 1.94 bits per heavy atom. The lowest BCUT2D eigenvalue weighted by atomic mass is 9.85. The average Bonchev–Trinajstić information content (AvgIpc) is 2.58. The van der Waals surface area contributed by atoms with Crippen molar-refractivity contribution in [3.8, 4) is 0 Å². The van der Waals surface area contributed by atoms with E-state index >= 15 is 0 Å². The molecule has 1 aliphatic rings. The van der Waals surface area contributed by atoms with Gasteiger partial charge in [0.05, 0.1) is 5.92 Å². The molecule has 3 N–H and O–H groups in total. The van der Waals surface area contributed by atoms with Crippen molar-refractivity contribution >= 4 is 11.9 Å². The second kappa shape index (κ2) is 5.26. The number of nitrogens with zero attached hydrogens (tertiary/aromatic N) is 1. The second-order valence-corrected chi connectivity index (χ2v) is 6.40. The number of carbonyl (C=O) groups excluding carboxylic acids is 1. The van der Waals surface area contributed by atoms with Crippen LogP contribution < -0.4 is 5.73 Å². The van der Waals surface area contributed by atoms with Crippen molar-refractivity contribution in [2.75, 3.05) is 13.1 Å². The molecule has 104 valence electrons. The Labute approximate surface area is 108 Å². The minimum atomic E-state index is -0.821. The van der Waals surface area contributed by atoms with Gasteiger partial charge in [0.2, 0.25) is 5.91 Å². The lowest BCUT2D eigenvalue weighted by Crippen LogP contribution is -2.41. The number of hydrogen-bond donors (Lipinski definition) is 2. The van der Waals surface area contributed by atoms with Gasteiger partial charge in [0.1, 0.15) is 0 Å². The zero-order valence-corrected chi connectivity index (χ0v) is 11.6. The summed E-state index contributed by atoms with van der Waals surface area (Å²) in [5.41, 5.74) is 5.87. The molecule has 1 rings (SSSR count). The van der Waals surface area contributed by atoms with Crippen LogP contribution in [0.5, 0.6) is 0 Å². The minimum Gasteiger partial charge on any atom is -0.481 e. The van der Waals surface area contributed by atoms with Crippen LogP contribution in [0.4, 0.5) is 0 Å². The summed E-state index contributed by atoms with van der Waals surface area (Å²) in [5, 5.41) is 9.03. The molecule has 1 heterocycles. The fourth-order valence-electron chi connectivity index (χ4n) is 2.12. The first kappa shape index (κ1) is 15.0. The molecule has 3 unspecified atom stereocenters. The van der Waals surface area contributed by atoms with Gasteiger partial charge in [-0.05, 0) is 11.3 Å². The van der Waals surface area contributed by atoms with E-state index in [2.05, 4.69) is 0 Å². The molecular weight excluding hydrogens is 232 g/mol. The van der Waals surface area contributed by atoms with Crippen molar-refractivity contribution in [2.24, 2.45) is 23.0 Å². The number of nitrogens with two attached hydrogens (primary N) is 1. The summed E-state index contributed by atoms with van der Waals surface area (Å²) in [5.74, 6) is -1.29.